The Morgan fingerprint density at radius 2 is 1.90 bits per heavy atom. The van der Waals surface area contributed by atoms with Crippen LogP contribution in [0.15, 0.2) is 18.5 Å². The number of nitrogens with zero attached hydrogens (tertiary/aromatic N) is 2. The van der Waals surface area contributed by atoms with Gasteiger partial charge in [-0.15, -0.1) is 0 Å². The van der Waals surface area contributed by atoms with Crippen molar-refractivity contribution in [2.45, 2.75) is 65.6 Å². The summed E-state index contributed by atoms with van der Waals surface area (Å²) >= 11 is 6.25. The Kier molecular flexibility index (Phi) is 7.00. The number of aryl methyl sites for hydroxylation is 1. The highest BCUT2D eigenvalue weighted by Crippen LogP contribution is 2.30. The average molecular weight is 426 g/mol. The number of rotatable bonds is 6. The highest BCUT2D eigenvalue weighted by molar-refractivity contribution is 6.32. The number of ether oxygens (including phenoxy) is 3. The van der Waals surface area contributed by atoms with Gasteiger partial charge in [-0.25, -0.2) is 14.6 Å². The molecule has 0 spiro atoms. The monoisotopic (exact) mass is 425 g/mol. The number of nitrogens with one attached hydrogen (secondary N) is 1. The van der Waals surface area contributed by atoms with Crippen molar-refractivity contribution in [3.63, 3.8) is 0 Å². The lowest BCUT2D eigenvalue weighted by molar-refractivity contribution is 0.0466. The van der Waals surface area contributed by atoms with E-state index in [0.29, 0.717) is 18.5 Å². The summed E-state index contributed by atoms with van der Waals surface area (Å²) in [6, 6.07) is 3.28. The number of carbonyl (C=O) groups excluding carboxylic acids is 2. The summed E-state index contributed by atoms with van der Waals surface area (Å²) in [5.41, 5.74) is 0.377. The predicted molar refractivity (Wildman–Crippen MR) is 110 cm³/mol. The summed E-state index contributed by atoms with van der Waals surface area (Å²) < 4.78 is 17.1. The number of amides is 1. The molecule has 0 aliphatic rings. The van der Waals surface area contributed by atoms with E-state index in [9.17, 15) is 9.59 Å². The topological polar surface area (TPSA) is 91.7 Å². The van der Waals surface area contributed by atoms with Gasteiger partial charge in [-0.05, 0) is 54.0 Å². The Balaban J connectivity index is 2.08. The van der Waals surface area contributed by atoms with Gasteiger partial charge in [0.05, 0.1) is 29.0 Å². The molecule has 2 rings (SSSR count). The number of benzene rings is 1. The van der Waals surface area contributed by atoms with Gasteiger partial charge in [0, 0.05) is 18.2 Å². The second kappa shape index (κ2) is 8.90. The van der Waals surface area contributed by atoms with Crippen molar-refractivity contribution >= 4 is 34.9 Å². The quantitative estimate of drug-likeness (QED) is 0.521. The van der Waals surface area contributed by atoms with Crippen LogP contribution < -0.4 is 10.1 Å². The Labute approximate surface area is 175 Å². The minimum atomic E-state index is -0.817. The molecule has 29 heavy (non-hydrogen) atoms. The van der Waals surface area contributed by atoms with Crippen molar-refractivity contribution < 1.29 is 23.8 Å². The Morgan fingerprint density at radius 3 is 2.52 bits per heavy atom. The summed E-state index contributed by atoms with van der Waals surface area (Å²) in [6.07, 6.45) is 1.04. The van der Waals surface area contributed by atoms with Gasteiger partial charge >= 0.3 is 12.2 Å². The number of aromatic nitrogens is 2. The number of alkyl carbamates (subject to hydrolysis) is 1. The van der Waals surface area contributed by atoms with Crippen LogP contribution in [0.1, 0.15) is 48.0 Å². The van der Waals surface area contributed by atoms with Gasteiger partial charge < -0.3 is 24.1 Å². The molecule has 0 bridgehead atoms. The van der Waals surface area contributed by atoms with Gasteiger partial charge in [0.1, 0.15) is 5.60 Å². The molecule has 0 saturated carbocycles. The number of carbonyl (C=O) groups is 2. The van der Waals surface area contributed by atoms with Gasteiger partial charge in [-0.1, -0.05) is 11.6 Å². The summed E-state index contributed by atoms with van der Waals surface area (Å²) in [7, 11) is 0. The van der Waals surface area contributed by atoms with Crippen LogP contribution in [0.4, 0.5) is 9.59 Å². The van der Waals surface area contributed by atoms with Crippen LogP contribution in [0.5, 0.6) is 5.75 Å². The summed E-state index contributed by atoms with van der Waals surface area (Å²) in [5, 5.41) is 3.16. The van der Waals surface area contributed by atoms with E-state index in [1.54, 1.807) is 25.4 Å². The fourth-order valence-corrected chi connectivity index (χ4v) is 2.79. The van der Waals surface area contributed by atoms with E-state index < -0.39 is 23.4 Å². The zero-order valence-corrected chi connectivity index (χ0v) is 18.4. The van der Waals surface area contributed by atoms with Crippen LogP contribution in [-0.4, -0.2) is 39.5 Å². The molecule has 0 radical (unpaired) electrons. The van der Waals surface area contributed by atoms with Crippen LogP contribution in [0.25, 0.3) is 11.0 Å². The minimum Gasteiger partial charge on any atom is -0.444 e. The Bertz CT molecular complexity index is 886. The largest absolute Gasteiger partial charge is 0.513 e. The fraction of sp³-hybridized carbons (Fsp3) is 0.550. The molecule has 0 aliphatic carbocycles. The van der Waals surface area contributed by atoms with Crippen molar-refractivity contribution in [1.29, 1.82) is 0 Å². The Hall–Kier alpha value is -2.48. The third kappa shape index (κ3) is 6.81. The molecule has 1 heterocycles. The van der Waals surface area contributed by atoms with E-state index >= 15 is 0 Å². The molecular formula is C20H28ClN3O5. The number of halogens is 1. The van der Waals surface area contributed by atoms with Gasteiger partial charge in [0.25, 0.3) is 0 Å². The first-order valence-corrected chi connectivity index (χ1v) is 9.78. The maximum atomic E-state index is 12.0. The zero-order valence-electron chi connectivity index (χ0n) is 17.7. The minimum absolute atomic E-state index is 0.190. The van der Waals surface area contributed by atoms with Crippen LogP contribution >= 0.6 is 11.6 Å². The number of imidazole rings is 1. The van der Waals surface area contributed by atoms with Crippen molar-refractivity contribution in [2.75, 3.05) is 6.61 Å². The molecular weight excluding hydrogens is 398 g/mol. The molecule has 0 aliphatic heterocycles. The number of hydrogen-bond acceptors (Lipinski definition) is 6. The second-order valence-corrected chi connectivity index (χ2v) is 8.66. The van der Waals surface area contributed by atoms with E-state index in [4.69, 9.17) is 25.8 Å². The van der Waals surface area contributed by atoms with Crippen molar-refractivity contribution in [3.05, 3.63) is 23.5 Å². The van der Waals surface area contributed by atoms with Crippen LogP contribution in [0.2, 0.25) is 5.02 Å². The standard InChI is InChI=1S/C20H28ClN3O5/c1-7-27-18(26)28-16-11-14-15(10-13(16)21)24(12-22-14)9-8-20(5,6)23-17(25)29-19(2,3)4/h10-12H,7-9H2,1-6H3,(H,23,25). The second-order valence-electron chi connectivity index (χ2n) is 8.26. The summed E-state index contributed by atoms with van der Waals surface area (Å²) in [4.78, 5) is 27.9. The maximum absolute atomic E-state index is 12.0. The predicted octanol–water partition coefficient (Wildman–Crippen LogP) is 4.92. The molecule has 1 aromatic carbocycles. The molecule has 1 amide bonds. The lowest BCUT2D eigenvalue weighted by Crippen LogP contribution is -2.46. The molecule has 160 valence electrons. The molecule has 0 fully saturated rings. The zero-order chi connectivity index (χ0) is 21.8. The van der Waals surface area contributed by atoms with E-state index in [2.05, 4.69) is 10.3 Å². The van der Waals surface area contributed by atoms with Gasteiger partial charge in [0.15, 0.2) is 5.75 Å². The maximum Gasteiger partial charge on any atom is 0.513 e. The van der Waals surface area contributed by atoms with E-state index in [1.807, 2.05) is 39.2 Å². The summed E-state index contributed by atoms with van der Waals surface area (Å²) in [5.74, 6) is 0.190. The molecule has 1 aromatic heterocycles. The van der Waals surface area contributed by atoms with Crippen LogP contribution in [0, 0.1) is 0 Å². The SMILES string of the molecule is CCOC(=O)Oc1cc2ncn(CCC(C)(C)NC(=O)OC(C)(C)C)c2cc1Cl. The molecule has 8 nitrogen and oxygen atoms in total. The normalized spacial score (nSPS) is 12.0. The molecule has 9 heteroatoms. The van der Waals surface area contributed by atoms with Crippen molar-refractivity contribution in [1.82, 2.24) is 14.9 Å². The highest BCUT2D eigenvalue weighted by atomic mass is 35.5. The molecule has 0 saturated heterocycles. The van der Waals surface area contributed by atoms with E-state index in [0.717, 1.165) is 5.52 Å². The lowest BCUT2D eigenvalue weighted by Gasteiger charge is -2.28. The van der Waals surface area contributed by atoms with Crippen molar-refractivity contribution in [3.8, 4) is 5.75 Å². The Morgan fingerprint density at radius 1 is 1.21 bits per heavy atom. The molecule has 2 aromatic rings. The lowest BCUT2D eigenvalue weighted by atomic mass is 10.0. The molecule has 0 unspecified atom stereocenters. The van der Waals surface area contributed by atoms with E-state index in [-0.39, 0.29) is 17.4 Å². The third-order valence-corrected chi connectivity index (χ3v) is 4.24. The highest BCUT2D eigenvalue weighted by Gasteiger charge is 2.24. The third-order valence-electron chi connectivity index (χ3n) is 3.95. The first kappa shape index (κ1) is 22.8. The van der Waals surface area contributed by atoms with Gasteiger partial charge in [-0.3, -0.25) is 0 Å². The summed E-state index contributed by atoms with van der Waals surface area (Å²) in [6.45, 7) is 11.8. The average Bonchev–Trinajstić information content (AvgIpc) is 2.93. The first-order valence-electron chi connectivity index (χ1n) is 9.40. The number of fused-ring (bicyclic) bond motifs is 1. The van der Waals surface area contributed by atoms with Crippen LogP contribution in [-0.2, 0) is 16.0 Å². The molecule has 0 atom stereocenters. The van der Waals surface area contributed by atoms with Gasteiger partial charge in [0.2, 0.25) is 0 Å². The first-order chi connectivity index (χ1) is 13.4. The van der Waals surface area contributed by atoms with Crippen LogP contribution in [0.3, 0.4) is 0 Å². The van der Waals surface area contributed by atoms with Crippen molar-refractivity contribution in [2.24, 2.45) is 0 Å². The van der Waals surface area contributed by atoms with Gasteiger partial charge in [-0.2, -0.15) is 0 Å². The fourth-order valence-electron chi connectivity index (χ4n) is 2.60. The number of hydrogen-bond donors (Lipinski definition) is 1. The van der Waals surface area contributed by atoms with E-state index in [1.165, 1.54) is 0 Å². The smallest absolute Gasteiger partial charge is 0.444 e. The molecule has 1 N–H and O–H groups in total.